The Bertz CT molecular complexity index is 625. The van der Waals surface area contributed by atoms with E-state index in [1.165, 1.54) is 0 Å². The number of aryl methyl sites for hydroxylation is 1. The first-order valence-electron chi connectivity index (χ1n) is 5.25. The number of nitrogens with one attached hydrogen (secondary N) is 1. The maximum Gasteiger partial charge on any atom is 0.267 e. The second-order valence-corrected chi connectivity index (χ2v) is 4.90. The number of nitrogens with two attached hydrogens (primary N) is 1. The van der Waals surface area contributed by atoms with Crippen molar-refractivity contribution in [2.45, 2.75) is 13.5 Å². The zero-order chi connectivity index (χ0) is 13.1. The molecule has 0 bridgehead atoms. The molecule has 0 aliphatic carbocycles. The number of nitrogen functional groups attached to an aromatic ring is 1. The fourth-order valence-electron chi connectivity index (χ4n) is 1.57. The van der Waals surface area contributed by atoms with Gasteiger partial charge in [0.2, 0.25) is 0 Å². The molecule has 6 nitrogen and oxygen atoms in total. The summed E-state index contributed by atoms with van der Waals surface area (Å²) in [6.45, 7) is 2.26. The van der Waals surface area contributed by atoms with Crippen LogP contribution < -0.4 is 16.8 Å². The average molecular weight is 357 g/mol. The lowest BCUT2D eigenvalue weighted by Crippen LogP contribution is -2.26. The average Bonchev–Trinajstić information content (AvgIpc) is 2.39. The summed E-state index contributed by atoms with van der Waals surface area (Å²) in [6.07, 6.45) is 3.22. The highest BCUT2D eigenvalue weighted by atomic mass is 127. The smallest absolute Gasteiger partial charge is 0.267 e. The molecule has 0 atom stereocenters. The summed E-state index contributed by atoms with van der Waals surface area (Å²) >= 11 is 1.98. The Morgan fingerprint density at radius 2 is 2.28 bits per heavy atom. The summed E-state index contributed by atoms with van der Waals surface area (Å²) in [5.74, 6) is 6.55. The van der Waals surface area contributed by atoms with E-state index in [1.807, 2.05) is 28.7 Å². The molecule has 3 N–H and O–H groups in total. The van der Waals surface area contributed by atoms with Crippen LogP contribution in [0.2, 0.25) is 0 Å². The second-order valence-electron chi connectivity index (χ2n) is 3.74. The molecule has 2 rings (SSSR count). The first-order valence-corrected chi connectivity index (χ1v) is 6.33. The molecule has 0 spiro atoms. The van der Waals surface area contributed by atoms with Crippen molar-refractivity contribution in [2.24, 2.45) is 5.84 Å². The maximum atomic E-state index is 12.0. The van der Waals surface area contributed by atoms with Gasteiger partial charge in [-0.2, -0.15) is 0 Å². The fraction of sp³-hybridized carbons (Fsp3) is 0.182. The lowest BCUT2D eigenvalue weighted by atomic mass is 10.2. The van der Waals surface area contributed by atoms with E-state index >= 15 is 0 Å². The molecule has 0 amide bonds. The molecule has 0 aliphatic rings. The SMILES string of the molecule is Cc1ncc(I)c(=O)n1Cc1ccnc(NN)c1. The molecule has 94 valence electrons. The molecule has 0 unspecified atom stereocenters. The van der Waals surface area contributed by atoms with E-state index in [9.17, 15) is 4.79 Å². The number of hydrazine groups is 1. The quantitative estimate of drug-likeness (QED) is 0.484. The van der Waals surface area contributed by atoms with E-state index in [0.717, 1.165) is 5.56 Å². The number of rotatable bonds is 3. The Hall–Kier alpha value is -1.48. The van der Waals surface area contributed by atoms with E-state index in [0.29, 0.717) is 21.8 Å². The predicted octanol–water partition coefficient (Wildman–Crippen LogP) is 0.885. The summed E-state index contributed by atoms with van der Waals surface area (Å²) in [5.41, 5.74) is 3.38. The Morgan fingerprint density at radius 3 is 3.00 bits per heavy atom. The van der Waals surface area contributed by atoms with Crippen LogP contribution in [-0.4, -0.2) is 14.5 Å². The van der Waals surface area contributed by atoms with Gasteiger partial charge >= 0.3 is 0 Å². The van der Waals surface area contributed by atoms with Crippen LogP contribution in [0.3, 0.4) is 0 Å². The monoisotopic (exact) mass is 357 g/mol. The minimum Gasteiger partial charge on any atom is -0.308 e. The molecule has 0 saturated heterocycles. The van der Waals surface area contributed by atoms with Crippen LogP contribution in [0.5, 0.6) is 0 Å². The van der Waals surface area contributed by atoms with Gasteiger partial charge in [0.1, 0.15) is 11.6 Å². The van der Waals surface area contributed by atoms with Crippen molar-refractivity contribution in [3.8, 4) is 0 Å². The molecular weight excluding hydrogens is 345 g/mol. The van der Waals surface area contributed by atoms with E-state index in [1.54, 1.807) is 30.0 Å². The molecule has 0 saturated carbocycles. The van der Waals surface area contributed by atoms with Gasteiger partial charge < -0.3 is 5.43 Å². The van der Waals surface area contributed by atoms with Crippen molar-refractivity contribution in [1.29, 1.82) is 0 Å². The van der Waals surface area contributed by atoms with Gasteiger partial charge in [0.25, 0.3) is 5.56 Å². The van der Waals surface area contributed by atoms with Crippen LogP contribution in [0.15, 0.2) is 29.3 Å². The van der Waals surface area contributed by atoms with Gasteiger partial charge in [0.05, 0.1) is 10.1 Å². The first-order chi connectivity index (χ1) is 8.61. The van der Waals surface area contributed by atoms with Gasteiger partial charge in [-0.3, -0.25) is 9.36 Å². The van der Waals surface area contributed by atoms with Crippen molar-refractivity contribution >= 4 is 28.4 Å². The predicted molar refractivity (Wildman–Crippen MR) is 77.1 cm³/mol. The third-order valence-corrected chi connectivity index (χ3v) is 3.26. The lowest BCUT2D eigenvalue weighted by Gasteiger charge is -2.10. The Balaban J connectivity index is 2.40. The van der Waals surface area contributed by atoms with E-state index < -0.39 is 0 Å². The molecule has 0 aromatic carbocycles. The van der Waals surface area contributed by atoms with Gasteiger partial charge in [0, 0.05) is 12.4 Å². The van der Waals surface area contributed by atoms with Gasteiger partial charge in [-0.05, 0) is 47.2 Å². The van der Waals surface area contributed by atoms with E-state index in [-0.39, 0.29) is 5.56 Å². The topological polar surface area (TPSA) is 85.8 Å². The highest BCUT2D eigenvalue weighted by Gasteiger charge is 2.06. The standard InChI is InChI=1S/C11H12IN5O/c1-7-15-5-9(12)11(18)17(7)6-8-2-3-14-10(4-8)16-13/h2-5H,6,13H2,1H3,(H,14,16). The highest BCUT2D eigenvalue weighted by molar-refractivity contribution is 14.1. The third kappa shape index (κ3) is 2.67. The molecule has 2 heterocycles. The summed E-state index contributed by atoms with van der Waals surface area (Å²) < 4.78 is 2.22. The highest BCUT2D eigenvalue weighted by Crippen LogP contribution is 2.08. The first kappa shape index (κ1) is 13.0. The third-order valence-electron chi connectivity index (χ3n) is 2.52. The van der Waals surface area contributed by atoms with Crippen LogP contribution in [-0.2, 0) is 6.54 Å². The lowest BCUT2D eigenvalue weighted by molar-refractivity contribution is 0.694. The van der Waals surface area contributed by atoms with Crippen LogP contribution in [0.25, 0.3) is 0 Å². The molecule has 2 aromatic rings. The molecule has 2 aromatic heterocycles. The molecule has 0 radical (unpaired) electrons. The van der Waals surface area contributed by atoms with Crippen LogP contribution in [0.4, 0.5) is 5.82 Å². The number of hydrogen-bond acceptors (Lipinski definition) is 5. The van der Waals surface area contributed by atoms with Crippen LogP contribution in [0.1, 0.15) is 11.4 Å². The van der Waals surface area contributed by atoms with Crippen molar-refractivity contribution < 1.29 is 0 Å². The van der Waals surface area contributed by atoms with Crippen molar-refractivity contribution in [2.75, 3.05) is 5.43 Å². The van der Waals surface area contributed by atoms with Crippen LogP contribution in [0, 0.1) is 10.5 Å². The fourth-order valence-corrected chi connectivity index (χ4v) is 2.00. The number of anilines is 1. The van der Waals surface area contributed by atoms with E-state index in [2.05, 4.69) is 15.4 Å². The number of aromatic nitrogens is 3. The summed E-state index contributed by atoms with van der Waals surface area (Å²) in [5, 5.41) is 0. The minimum absolute atomic E-state index is 0.0397. The van der Waals surface area contributed by atoms with Gasteiger partial charge in [0.15, 0.2) is 0 Å². The molecule has 7 heteroatoms. The normalized spacial score (nSPS) is 10.4. The molecular formula is C11H12IN5O. The Kier molecular flexibility index (Phi) is 3.92. The molecule has 0 aliphatic heterocycles. The largest absolute Gasteiger partial charge is 0.308 e. The summed E-state index contributed by atoms with van der Waals surface area (Å²) in [6, 6.07) is 3.64. The molecule has 18 heavy (non-hydrogen) atoms. The summed E-state index contributed by atoms with van der Waals surface area (Å²) in [4.78, 5) is 20.2. The number of pyridine rings is 1. The zero-order valence-electron chi connectivity index (χ0n) is 9.72. The van der Waals surface area contributed by atoms with Gasteiger partial charge in [-0.15, -0.1) is 0 Å². The van der Waals surface area contributed by atoms with Crippen molar-refractivity contribution in [3.63, 3.8) is 0 Å². The maximum absolute atomic E-state index is 12.0. The number of nitrogens with zero attached hydrogens (tertiary/aromatic N) is 3. The Morgan fingerprint density at radius 1 is 1.50 bits per heavy atom. The van der Waals surface area contributed by atoms with E-state index in [4.69, 9.17) is 5.84 Å². The zero-order valence-corrected chi connectivity index (χ0v) is 11.9. The summed E-state index contributed by atoms with van der Waals surface area (Å²) in [7, 11) is 0. The van der Waals surface area contributed by atoms with Gasteiger partial charge in [-0.25, -0.2) is 15.8 Å². The number of halogens is 1. The van der Waals surface area contributed by atoms with Crippen molar-refractivity contribution in [1.82, 2.24) is 14.5 Å². The molecule has 0 fully saturated rings. The van der Waals surface area contributed by atoms with Crippen molar-refractivity contribution in [3.05, 3.63) is 49.8 Å². The Labute approximate surface area is 117 Å². The minimum atomic E-state index is -0.0397. The second kappa shape index (κ2) is 5.44. The number of hydrogen-bond donors (Lipinski definition) is 2. The van der Waals surface area contributed by atoms with Crippen LogP contribution >= 0.6 is 22.6 Å². The van der Waals surface area contributed by atoms with Gasteiger partial charge in [-0.1, -0.05) is 0 Å².